The van der Waals surface area contributed by atoms with Gasteiger partial charge in [0, 0.05) is 49.2 Å². The van der Waals surface area contributed by atoms with E-state index < -0.39 is 0 Å². The van der Waals surface area contributed by atoms with E-state index in [1.807, 2.05) is 54.1 Å². The molecule has 1 saturated heterocycles. The molecule has 1 aromatic heterocycles. The Morgan fingerprint density at radius 1 is 1.16 bits per heavy atom. The lowest BCUT2D eigenvalue weighted by atomic mass is 9.94. The van der Waals surface area contributed by atoms with Gasteiger partial charge in [-0.1, -0.05) is 18.2 Å². The number of aromatic nitrogens is 1. The molecule has 0 aliphatic carbocycles. The number of aromatic amines is 1. The minimum Gasteiger partial charge on any atom is -0.361 e. The van der Waals surface area contributed by atoms with Crippen LogP contribution in [0, 0.1) is 5.92 Å². The highest BCUT2D eigenvalue weighted by Gasteiger charge is 2.29. The maximum Gasteiger partial charge on any atom is 0.227 e. The first-order valence-corrected chi connectivity index (χ1v) is 9.25. The summed E-state index contributed by atoms with van der Waals surface area (Å²) in [6.07, 6.45) is 3.89. The fourth-order valence-corrected chi connectivity index (χ4v) is 3.72. The first-order chi connectivity index (χ1) is 12.1. The quantitative estimate of drug-likeness (QED) is 0.909. The Morgan fingerprint density at radius 3 is 2.52 bits per heavy atom. The Bertz CT molecular complexity index is 740. The first-order valence-electron chi connectivity index (χ1n) is 9.25. The van der Waals surface area contributed by atoms with Gasteiger partial charge in [-0.3, -0.25) is 9.59 Å². The van der Waals surface area contributed by atoms with Gasteiger partial charge in [0.25, 0.3) is 0 Å². The molecular weight excluding hydrogens is 314 g/mol. The number of hydrogen-bond donors (Lipinski definition) is 1. The van der Waals surface area contributed by atoms with Crippen LogP contribution < -0.4 is 0 Å². The Morgan fingerprint density at radius 2 is 1.84 bits per heavy atom. The summed E-state index contributed by atoms with van der Waals surface area (Å²) >= 11 is 0. The van der Waals surface area contributed by atoms with Crippen LogP contribution in [0.2, 0.25) is 0 Å². The van der Waals surface area contributed by atoms with Gasteiger partial charge in [0.15, 0.2) is 0 Å². The van der Waals surface area contributed by atoms with Crippen molar-refractivity contribution in [2.24, 2.45) is 5.92 Å². The summed E-state index contributed by atoms with van der Waals surface area (Å²) in [4.78, 5) is 32.1. The number of carbonyl (C=O) groups is 2. The fraction of sp³-hybridized carbons (Fsp3) is 0.500. The van der Waals surface area contributed by atoms with Crippen LogP contribution in [0.5, 0.6) is 0 Å². The molecule has 25 heavy (non-hydrogen) atoms. The number of amides is 2. The second-order valence-corrected chi connectivity index (χ2v) is 6.70. The number of piperidine rings is 1. The molecule has 1 aromatic carbocycles. The van der Waals surface area contributed by atoms with Gasteiger partial charge < -0.3 is 14.8 Å². The molecule has 1 aliphatic heterocycles. The molecule has 0 bridgehead atoms. The van der Waals surface area contributed by atoms with Gasteiger partial charge in [0.05, 0.1) is 6.42 Å². The van der Waals surface area contributed by atoms with E-state index >= 15 is 0 Å². The average molecular weight is 341 g/mol. The highest BCUT2D eigenvalue weighted by Crippen LogP contribution is 2.22. The van der Waals surface area contributed by atoms with Gasteiger partial charge in [-0.15, -0.1) is 0 Å². The van der Waals surface area contributed by atoms with E-state index in [2.05, 4.69) is 4.98 Å². The first kappa shape index (κ1) is 17.5. The molecule has 1 N–H and O–H groups in total. The van der Waals surface area contributed by atoms with Crippen molar-refractivity contribution in [3.8, 4) is 0 Å². The maximum absolute atomic E-state index is 12.6. The van der Waals surface area contributed by atoms with Gasteiger partial charge in [0.2, 0.25) is 11.8 Å². The molecule has 134 valence electrons. The van der Waals surface area contributed by atoms with Crippen molar-refractivity contribution in [1.29, 1.82) is 0 Å². The zero-order valence-electron chi connectivity index (χ0n) is 15.1. The van der Waals surface area contributed by atoms with Gasteiger partial charge >= 0.3 is 0 Å². The molecule has 2 amide bonds. The van der Waals surface area contributed by atoms with E-state index in [0.29, 0.717) is 19.5 Å². The lowest BCUT2D eigenvalue weighted by Gasteiger charge is -2.33. The monoisotopic (exact) mass is 341 g/mol. The number of H-pyrrole nitrogens is 1. The van der Waals surface area contributed by atoms with Crippen LogP contribution in [0.15, 0.2) is 30.5 Å². The number of benzene rings is 1. The van der Waals surface area contributed by atoms with Crippen molar-refractivity contribution < 1.29 is 9.59 Å². The molecule has 5 nitrogen and oxygen atoms in total. The zero-order chi connectivity index (χ0) is 17.8. The molecule has 5 heteroatoms. The maximum atomic E-state index is 12.6. The Kier molecular flexibility index (Phi) is 5.41. The number of nitrogens with zero attached hydrogens (tertiary/aromatic N) is 2. The van der Waals surface area contributed by atoms with Crippen LogP contribution in [-0.4, -0.2) is 52.8 Å². The Hall–Kier alpha value is -2.30. The van der Waals surface area contributed by atoms with Crippen molar-refractivity contribution >= 4 is 22.7 Å². The van der Waals surface area contributed by atoms with E-state index in [0.717, 1.165) is 42.4 Å². The van der Waals surface area contributed by atoms with Gasteiger partial charge in [0.1, 0.15) is 0 Å². The molecule has 0 atom stereocenters. The number of hydrogen-bond acceptors (Lipinski definition) is 2. The number of carbonyl (C=O) groups excluding carboxylic acids is 2. The summed E-state index contributed by atoms with van der Waals surface area (Å²) < 4.78 is 0. The lowest BCUT2D eigenvalue weighted by Crippen LogP contribution is -2.44. The summed E-state index contributed by atoms with van der Waals surface area (Å²) in [5.41, 5.74) is 2.11. The van der Waals surface area contributed by atoms with Crippen molar-refractivity contribution in [2.75, 3.05) is 26.2 Å². The van der Waals surface area contributed by atoms with Crippen molar-refractivity contribution in [3.05, 3.63) is 36.0 Å². The van der Waals surface area contributed by atoms with Crippen LogP contribution in [0.1, 0.15) is 32.3 Å². The molecule has 0 radical (unpaired) electrons. The van der Waals surface area contributed by atoms with Gasteiger partial charge in [-0.25, -0.2) is 0 Å². The number of para-hydroxylation sites is 1. The molecule has 1 fully saturated rings. The Balaban J connectivity index is 1.57. The highest BCUT2D eigenvalue weighted by atomic mass is 16.2. The van der Waals surface area contributed by atoms with Crippen LogP contribution >= 0.6 is 0 Å². The van der Waals surface area contributed by atoms with Crippen molar-refractivity contribution in [2.45, 2.75) is 33.1 Å². The minimum atomic E-state index is 0.0667. The van der Waals surface area contributed by atoms with Gasteiger partial charge in [-0.05, 0) is 38.3 Å². The smallest absolute Gasteiger partial charge is 0.227 e. The predicted molar refractivity (Wildman–Crippen MR) is 99.2 cm³/mol. The largest absolute Gasteiger partial charge is 0.361 e. The number of rotatable bonds is 5. The summed E-state index contributed by atoms with van der Waals surface area (Å²) in [5, 5.41) is 1.11. The van der Waals surface area contributed by atoms with Crippen LogP contribution in [0.3, 0.4) is 0 Å². The summed E-state index contributed by atoms with van der Waals surface area (Å²) in [5.74, 6) is 0.462. The third-order valence-corrected chi connectivity index (χ3v) is 5.29. The SMILES string of the molecule is CCN(CC)C(=O)C1CCN(C(=O)Cc2c[nH]c3ccccc23)CC1. The third-order valence-electron chi connectivity index (χ3n) is 5.29. The fourth-order valence-electron chi connectivity index (χ4n) is 3.72. The van der Waals surface area contributed by atoms with E-state index in [1.165, 1.54) is 0 Å². The molecule has 0 spiro atoms. The number of nitrogens with one attached hydrogen (secondary N) is 1. The zero-order valence-corrected chi connectivity index (χ0v) is 15.1. The highest BCUT2D eigenvalue weighted by molar-refractivity contribution is 5.89. The molecule has 3 rings (SSSR count). The summed E-state index contributed by atoms with van der Waals surface area (Å²) in [7, 11) is 0. The van der Waals surface area contributed by atoms with E-state index in [-0.39, 0.29) is 17.7 Å². The second-order valence-electron chi connectivity index (χ2n) is 6.70. The van der Waals surface area contributed by atoms with E-state index in [1.54, 1.807) is 0 Å². The van der Waals surface area contributed by atoms with Crippen LogP contribution in [0.4, 0.5) is 0 Å². The standard InChI is InChI=1S/C20H27N3O2/c1-3-22(4-2)20(25)15-9-11-23(12-10-15)19(24)13-16-14-21-18-8-6-5-7-17(16)18/h5-8,14-15,21H,3-4,9-13H2,1-2H3. The predicted octanol–water partition coefficient (Wildman–Crippen LogP) is 2.82. The molecule has 2 heterocycles. The topological polar surface area (TPSA) is 56.4 Å². The molecule has 1 aliphatic rings. The summed E-state index contributed by atoms with van der Waals surface area (Å²) in [6, 6.07) is 8.05. The van der Waals surface area contributed by atoms with Gasteiger partial charge in [-0.2, -0.15) is 0 Å². The molecule has 0 unspecified atom stereocenters. The van der Waals surface area contributed by atoms with Crippen molar-refractivity contribution in [1.82, 2.24) is 14.8 Å². The van der Waals surface area contributed by atoms with Crippen molar-refractivity contribution in [3.63, 3.8) is 0 Å². The number of likely N-dealkylation sites (tertiary alicyclic amines) is 1. The number of fused-ring (bicyclic) bond motifs is 1. The Labute approximate surface area is 149 Å². The third kappa shape index (κ3) is 3.70. The second kappa shape index (κ2) is 7.72. The average Bonchev–Trinajstić information content (AvgIpc) is 3.06. The van der Waals surface area contributed by atoms with E-state index in [9.17, 15) is 9.59 Å². The molecule has 2 aromatic rings. The van der Waals surface area contributed by atoms with Crippen LogP contribution in [0.25, 0.3) is 10.9 Å². The van der Waals surface area contributed by atoms with Crippen LogP contribution in [-0.2, 0) is 16.0 Å². The van der Waals surface area contributed by atoms with E-state index in [4.69, 9.17) is 0 Å². The normalized spacial score (nSPS) is 15.5. The summed E-state index contributed by atoms with van der Waals surface area (Å²) in [6.45, 7) is 6.91. The molecule has 0 saturated carbocycles. The molecular formula is C20H27N3O2. The minimum absolute atomic E-state index is 0.0667. The lowest BCUT2D eigenvalue weighted by molar-refractivity contribution is -0.140.